The average molecular weight is 511 g/mol. The van der Waals surface area contributed by atoms with Gasteiger partial charge in [0.25, 0.3) is 0 Å². The second-order valence-corrected chi connectivity index (χ2v) is 7.92. The second kappa shape index (κ2) is 9.66. The summed E-state index contributed by atoms with van der Waals surface area (Å²) >= 11 is 0. The van der Waals surface area contributed by atoms with E-state index in [0.29, 0.717) is 6.07 Å². The van der Waals surface area contributed by atoms with Gasteiger partial charge in [-0.3, -0.25) is 9.99 Å². The molecule has 3 aromatic rings. The summed E-state index contributed by atoms with van der Waals surface area (Å²) in [7, 11) is 1.46. The van der Waals surface area contributed by atoms with Crippen LogP contribution in [0, 0.1) is 23.3 Å². The van der Waals surface area contributed by atoms with Gasteiger partial charge in [-0.15, -0.1) is 10.6 Å². The third kappa shape index (κ3) is 4.79. The molecule has 2 heterocycles. The van der Waals surface area contributed by atoms with Crippen molar-refractivity contribution < 1.29 is 36.2 Å². The number of hydrogen-bond donors (Lipinski definition) is 2. The molecule has 0 saturated heterocycles. The topological polar surface area (TPSA) is 73.2 Å². The number of hydrazine groups is 2. The first-order chi connectivity index (χ1) is 17.0. The van der Waals surface area contributed by atoms with Crippen LogP contribution in [0.25, 0.3) is 0 Å². The first-order valence-corrected chi connectivity index (χ1v) is 10.4. The number of hydrazone groups is 1. The first-order valence-electron chi connectivity index (χ1n) is 10.4. The van der Waals surface area contributed by atoms with Gasteiger partial charge >= 0.3 is 5.92 Å². The van der Waals surface area contributed by atoms with E-state index in [1.165, 1.54) is 19.2 Å². The molecule has 1 aliphatic heterocycles. The fraction of sp³-hybridized carbons (Fsp3) is 0.217. The molecule has 0 radical (unpaired) electrons. The molecule has 0 saturated carbocycles. The van der Waals surface area contributed by atoms with E-state index in [1.54, 1.807) is 0 Å². The van der Waals surface area contributed by atoms with E-state index in [4.69, 9.17) is 4.74 Å². The maximum absolute atomic E-state index is 15.8. The maximum Gasteiger partial charge on any atom is 0.323 e. The highest BCUT2D eigenvalue weighted by Gasteiger charge is 2.58. The number of aliphatic hydroxyl groups is 1. The summed E-state index contributed by atoms with van der Waals surface area (Å²) in [6.45, 7) is -1.31. The molecule has 7 nitrogen and oxygen atoms in total. The van der Waals surface area contributed by atoms with Gasteiger partial charge in [-0.25, -0.2) is 22.7 Å². The minimum atomic E-state index is -4.21. The van der Waals surface area contributed by atoms with Gasteiger partial charge in [0.15, 0.2) is 17.2 Å². The Morgan fingerprint density at radius 3 is 2.44 bits per heavy atom. The van der Waals surface area contributed by atoms with Crippen LogP contribution in [0.2, 0.25) is 0 Å². The highest BCUT2D eigenvalue weighted by atomic mass is 19.3. The van der Waals surface area contributed by atoms with Gasteiger partial charge in [-0.2, -0.15) is 8.78 Å². The lowest BCUT2D eigenvalue weighted by Gasteiger charge is -2.38. The summed E-state index contributed by atoms with van der Waals surface area (Å²) in [6.07, 6.45) is 1.99. The maximum atomic E-state index is 15.8. The number of halogens is 6. The fourth-order valence-corrected chi connectivity index (χ4v) is 3.56. The molecule has 1 unspecified atom stereocenters. The minimum Gasteiger partial charge on any atom is -0.487 e. The Balaban J connectivity index is 1.62. The summed E-state index contributed by atoms with van der Waals surface area (Å²) in [5, 5.41) is 17.2. The summed E-state index contributed by atoms with van der Waals surface area (Å²) in [4.78, 5) is 3.65. The lowest BCUT2D eigenvalue weighted by Crippen LogP contribution is -2.55. The molecular formula is C23H19F6N5O2. The van der Waals surface area contributed by atoms with Crippen molar-refractivity contribution in [3.63, 3.8) is 0 Å². The highest BCUT2D eigenvalue weighted by Crippen LogP contribution is 2.46. The molecule has 1 aliphatic rings. The quantitative estimate of drug-likeness (QED) is 0.449. The molecule has 0 fully saturated rings. The zero-order valence-electron chi connectivity index (χ0n) is 18.6. The fourth-order valence-electron chi connectivity index (χ4n) is 3.56. The van der Waals surface area contributed by atoms with Gasteiger partial charge in [0.1, 0.15) is 36.0 Å². The Morgan fingerprint density at radius 2 is 1.81 bits per heavy atom. The van der Waals surface area contributed by atoms with Crippen LogP contribution in [0.15, 0.2) is 59.8 Å². The minimum absolute atomic E-state index is 0.0512. The van der Waals surface area contributed by atoms with Gasteiger partial charge in [0, 0.05) is 24.2 Å². The molecule has 1 aromatic heterocycles. The molecule has 190 valence electrons. The third-order valence-electron chi connectivity index (χ3n) is 5.42. The number of rotatable bonds is 8. The van der Waals surface area contributed by atoms with E-state index < -0.39 is 59.2 Å². The molecule has 0 amide bonds. The van der Waals surface area contributed by atoms with Gasteiger partial charge < -0.3 is 9.84 Å². The zero-order valence-corrected chi connectivity index (χ0v) is 18.6. The highest BCUT2D eigenvalue weighted by molar-refractivity contribution is 5.55. The lowest BCUT2D eigenvalue weighted by molar-refractivity contribution is -0.207. The Bertz CT molecular complexity index is 1280. The van der Waals surface area contributed by atoms with Crippen molar-refractivity contribution >= 4 is 6.34 Å². The van der Waals surface area contributed by atoms with Gasteiger partial charge in [0.2, 0.25) is 0 Å². The molecule has 36 heavy (non-hydrogen) atoms. The monoisotopic (exact) mass is 511 g/mol. The van der Waals surface area contributed by atoms with Crippen molar-refractivity contribution in [1.82, 2.24) is 20.6 Å². The number of ether oxygens (including phenoxy) is 1. The van der Waals surface area contributed by atoms with Crippen LogP contribution in [0.3, 0.4) is 0 Å². The number of alkyl halides is 2. The Kier molecular flexibility index (Phi) is 6.78. The molecule has 13 heteroatoms. The van der Waals surface area contributed by atoms with Crippen molar-refractivity contribution in [3.05, 3.63) is 94.8 Å². The Morgan fingerprint density at radius 1 is 1.03 bits per heavy atom. The largest absolute Gasteiger partial charge is 0.487 e. The number of nitrogens with zero attached hydrogens (tertiary/aromatic N) is 4. The number of hydrogen-bond acceptors (Lipinski definition) is 7. The molecule has 0 aliphatic carbocycles. The van der Waals surface area contributed by atoms with Crippen LogP contribution in [0.1, 0.15) is 16.8 Å². The zero-order chi connectivity index (χ0) is 26.1. The van der Waals surface area contributed by atoms with E-state index in [2.05, 4.69) is 15.6 Å². The van der Waals surface area contributed by atoms with Crippen molar-refractivity contribution in [2.24, 2.45) is 5.10 Å². The van der Waals surface area contributed by atoms with Crippen LogP contribution in [-0.2, 0) is 18.1 Å². The van der Waals surface area contributed by atoms with Gasteiger partial charge in [-0.1, -0.05) is 12.1 Å². The van der Waals surface area contributed by atoms with Crippen LogP contribution in [0.5, 0.6) is 5.75 Å². The van der Waals surface area contributed by atoms with Crippen molar-refractivity contribution in [1.29, 1.82) is 0 Å². The standard InChI is InChI=1S/C23H19F6N5O2/c1-33-31-13-34(32-33)12-22(35,17-7-5-15(24)9-19(17)26)23(28,29)20-8-6-16(10-30-20)36-11-14-3-2-4-18(25)21(14)27/h2-10,13,32,35H,11-12H2,1H3. The van der Waals surface area contributed by atoms with Gasteiger partial charge in [-0.05, 0) is 30.3 Å². The van der Waals surface area contributed by atoms with E-state index in [-0.39, 0.29) is 11.3 Å². The number of benzene rings is 2. The lowest BCUT2D eigenvalue weighted by atomic mass is 9.84. The van der Waals surface area contributed by atoms with Gasteiger partial charge in [0.05, 0.1) is 12.7 Å². The predicted octanol–water partition coefficient (Wildman–Crippen LogP) is 3.81. The first kappa shape index (κ1) is 25.3. The van der Waals surface area contributed by atoms with E-state index in [9.17, 15) is 22.7 Å². The van der Waals surface area contributed by atoms with Crippen molar-refractivity contribution in [3.8, 4) is 5.75 Å². The summed E-state index contributed by atoms with van der Waals surface area (Å²) in [6, 6.07) is 7.27. The summed E-state index contributed by atoms with van der Waals surface area (Å²) < 4.78 is 92.1. The van der Waals surface area contributed by atoms with Crippen LogP contribution in [-0.4, -0.2) is 40.1 Å². The Hall–Kier alpha value is -3.84. The molecule has 2 aromatic carbocycles. The SMILES string of the molecule is CN1N=CN(CC(O)(c2ccc(F)cc2F)C(F)(F)c2ccc(OCc3cccc(F)c3F)cn2)N1. The van der Waals surface area contributed by atoms with E-state index in [1.807, 2.05) is 0 Å². The third-order valence-corrected chi connectivity index (χ3v) is 5.42. The van der Waals surface area contributed by atoms with Crippen molar-refractivity contribution in [2.45, 2.75) is 18.1 Å². The summed E-state index contributed by atoms with van der Waals surface area (Å²) in [5.74, 6) is -8.85. The smallest absolute Gasteiger partial charge is 0.323 e. The molecule has 0 bridgehead atoms. The number of nitrogens with one attached hydrogen (secondary N) is 1. The Labute approximate surface area is 201 Å². The molecule has 4 rings (SSSR count). The number of β-amino-alcohol motifs (C(OH)–C–C–N with tert-alkyl or cyclic N) is 1. The van der Waals surface area contributed by atoms with Crippen LogP contribution >= 0.6 is 0 Å². The van der Waals surface area contributed by atoms with E-state index >= 15 is 8.78 Å². The molecular weight excluding hydrogens is 492 g/mol. The second-order valence-electron chi connectivity index (χ2n) is 7.92. The summed E-state index contributed by atoms with van der Waals surface area (Å²) in [5.41, 5.74) is -2.63. The van der Waals surface area contributed by atoms with Crippen LogP contribution in [0.4, 0.5) is 26.3 Å². The van der Waals surface area contributed by atoms with E-state index in [0.717, 1.165) is 53.0 Å². The van der Waals surface area contributed by atoms with Crippen LogP contribution < -0.4 is 10.3 Å². The van der Waals surface area contributed by atoms with Crippen molar-refractivity contribution in [2.75, 3.05) is 13.6 Å². The molecule has 0 spiro atoms. The molecule has 2 N–H and O–H groups in total. The molecule has 1 atom stereocenters. The predicted molar refractivity (Wildman–Crippen MR) is 115 cm³/mol. The normalized spacial score (nSPS) is 15.3. The average Bonchev–Trinajstić information content (AvgIpc) is 3.24. The number of pyridine rings is 1. The number of aromatic nitrogens is 1.